The summed E-state index contributed by atoms with van der Waals surface area (Å²) in [6, 6.07) is 4.65. The Morgan fingerprint density at radius 3 is 2.75 bits per heavy atom. The average Bonchev–Trinajstić information content (AvgIpc) is 3.27. The molecule has 2 rings (SSSR count). The van der Waals surface area contributed by atoms with Gasteiger partial charge in [0.1, 0.15) is 0 Å². The number of ether oxygens (including phenoxy) is 2. The minimum absolute atomic E-state index is 0.506. The van der Waals surface area contributed by atoms with Crippen molar-refractivity contribution in [3.8, 4) is 11.5 Å². The number of rotatable bonds is 8. The third-order valence-electron chi connectivity index (χ3n) is 3.67. The van der Waals surface area contributed by atoms with Crippen LogP contribution < -0.4 is 14.8 Å². The predicted molar refractivity (Wildman–Crippen MR) is 82.8 cm³/mol. The molecule has 1 N–H and O–H groups in total. The molecule has 112 valence electrons. The van der Waals surface area contributed by atoms with Crippen LogP contribution in [0.4, 0.5) is 0 Å². The van der Waals surface area contributed by atoms with Crippen LogP contribution in [-0.4, -0.2) is 19.8 Å². The lowest BCUT2D eigenvalue weighted by Gasteiger charge is -2.16. The smallest absolute Gasteiger partial charge is 0.179 e. The van der Waals surface area contributed by atoms with E-state index in [1.807, 2.05) is 12.1 Å². The zero-order valence-corrected chi connectivity index (χ0v) is 13.3. The molecule has 4 heteroatoms. The van der Waals surface area contributed by atoms with Crippen LogP contribution in [0.5, 0.6) is 11.5 Å². The van der Waals surface area contributed by atoms with E-state index in [1.54, 1.807) is 7.11 Å². The Labute approximate surface area is 126 Å². The van der Waals surface area contributed by atoms with E-state index >= 15 is 0 Å². The summed E-state index contributed by atoms with van der Waals surface area (Å²) in [6.07, 6.45) is 3.64. The summed E-state index contributed by atoms with van der Waals surface area (Å²) >= 11 is 6.34. The lowest BCUT2D eigenvalue weighted by molar-refractivity contribution is 0.244. The standard InChI is InChI=1S/C16H24ClNO2/c1-4-11(2)10-20-16-14(17)7-12(8-15(16)19-3)9-18-13-5-6-13/h7-8,11,13,18H,4-6,9-10H2,1-3H3. The third-order valence-corrected chi connectivity index (χ3v) is 3.95. The Morgan fingerprint density at radius 2 is 2.15 bits per heavy atom. The van der Waals surface area contributed by atoms with Crippen molar-refractivity contribution in [1.82, 2.24) is 5.32 Å². The van der Waals surface area contributed by atoms with Crippen molar-refractivity contribution < 1.29 is 9.47 Å². The van der Waals surface area contributed by atoms with Crippen molar-refractivity contribution in [2.24, 2.45) is 5.92 Å². The number of nitrogens with one attached hydrogen (secondary N) is 1. The molecule has 1 saturated carbocycles. The van der Waals surface area contributed by atoms with E-state index in [0.29, 0.717) is 35.1 Å². The first-order chi connectivity index (χ1) is 9.63. The van der Waals surface area contributed by atoms with E-state index in [2.05, 4.69) is 19.2 Å². The fourth-order valence-corrected chi connectivity index (χ4v) is 2.20. The highest BCUT2D eigenvalue weighted by Gasteiger charge is 2.20. The first-order valence-electron chi connectivity index (χ1n) is 7.36. The molecule has 0 saturated heterocycles. The Balaban J connectivity index is 2.05. The van der Waals surface area contributed by atoms with Crippen LogP contribution in [-0.2, 0) is 6.54 Å². The van der Waals surface area contributed by atoms with Gasteiger partial charge in [-0.3, -0.25) is 0 Å². The largest absolute Gasteiger partial charge is 0.493 e. The van der Waals surface area contributed by atoms with E-state index in [4.69, 9.17) is 21.1 Å². The molecule has 0 aromatic heterocycles. The van der Waals surface area contributed by atoms with Gasteiger partial charge in [0.15, 0.2) is 11.5 Å². The molecule has 3 nitrogen and oxygen atoms in total. The Bertz CT molecular complexity index is 446. The van der Waals surface area contributed by atoms with Crippen molar-refractivity contribution in [1.29, 1.82) is 0 Å². The lowest BCUT2D eigenvalue weighted by Crippen LogP contribution is -2.15. The zero-order chi connectivity index (χ0) is 14.5. The average molecular weight is 298 g/mol. The Kier molecular flexibility index (Phi) is 5.55. The molecule has 0 bridgehead atoms. The summed E-state index contributed by atoms with van der Waals surface area (Å²) in [6.45, 7) is 5.80. The van der Waals surface area contributed by atoms with Crippen LogP contribution in [0, 0.1) is 5.92 Å². The van der Waals surface area contributed by atoms with E-state index in [1.165, 1.54) is 12.8 Å². The molecule has 1 aliphatic rings. The fraction of sp³-hybridized carbons (Fsp3) is 0.625. The molecule has 1 aromatic carbocycles. The molecule has 1 aromatic rings. The van der Waals surface area contributed by atoms with Gasteiger partial charge in [-0.25, -0.2) is 0 Å². The maximum absolute atomic E-state index is 6.34. The van der Waals surface area contributed by atoms with E-state index in [0.717, 1.165) is 18.5 Å². The Morgan fingerprint density at radius 1 is 1.40 bits per heavy atom. The fourth-order valence-electron chi connectivity index (χ4n) is 1.91. The molecule has 1 unspecified atom stereocenters. The molecule has 1 atom stereocenters. The van der Waals surface area contributed by atoms with Crippen molar-refractivity contribution in [3.63, 3.8) is 0 Å². The molecule has 1 fully saturated rings. The summed E-state index contributed by atoms with van der Waals surface area (Å²) in [5.41, 5.74) is 1.13. The van der Waals surface area contributed by atoms with E-state index in [-0.39, 0.29) is 0 Å². The molecule has 0 aliphatic heterocycles. The molecule has 0 amide bonds. The minimum Gasteiger partial charge on any atom is -0.493 e. The van der Waals surface area contributed by atoms with Gasteiger partial charge in [0.25, 0.3) is 0 Å². The van der Waals surface area contributed by atoms with Gasteiger partial charge >= 0.3 is 0 Å². The highest BCUT2D eigenvalue weighted by Crippen LogP contribution is 2.37. The van der Waals surface area contributed by atoms with Crippen molar-refractivity contribution >= 4 is 11.6 Å². The zero-order valence-electron chi connectivity index (χ0n) is 12.5. The van der Waals surface area contributed by atoms with Gasteiger partial charge in [0, 0.05) is 12.6 Å². The van der Waals surface area contributed by atoms with Gasteiger partial charge in [-0.05, 0) is 36.5 Å². The molecular weight excluding hydrogens is 274 g/mol. The second-order valence-electron chi connectivity index (χ2n) is 5.59. The van der Waals surface area contributed by atoms with Gasteiger partial charge in [0.05, 0.1) is 18.7 Å². The summed E-state index contributed by atoms with van der Waals surface area (Å²) in [5.74, 6) is 1.88. The summed E-state index contributed by atoms with van der Waals surface area (Å²) < 4.78 is 11.2. The summed E-state index contributed by atoms with van der Waals surface area (Å²) in [5, 5.41) is 4.10. The number of benzene rings is 1. The van der Waals surface area contributed by atoms with Gasteiger partial charge in [-0.2, -0.15) is 0 Å². The maximum atomic E-state index is 6.34. The number of methoxy groups -OCH3 is 1. The Hall–Kier alpha value is -0.930. The van der Waals surface area contributed by atoms with Gasteiger partial charge in [-0.1, -0.05) is 31.9 Å². The number of hydrogen-bond acceptors (Lipinski definition) is 3. The van der Waals surface area contributed by atoms with E-state index < -0.39 is 0 Å². The monoisotopic (exact) mass is 297 g/mol. The van der Waals surface area contributed by atoms with Crippen LogP contribution >= 0.6 is 11.6 Å². The molecule has 0 radical (unpaired) electrons. The second-order valence-corrected chi connectivity index (χ2v) is 6.00. The van der Waals surface area contributed by atoms with Crippen molar-refractivity contribution in [3.05, 3.63) is 22.7 Å². The third kappa shape index (κ3) is 4.29. The maximum Gasteiger partial charge on any atom is 0.179 e. The van der Waals surface area contributed by atoms with Crippen LogP contribution in [0.3, 0.4) is 0 Å². The van der Waals surface area contributed by atoms with Crippen LogP contribution in [0.2, 0.25) is 5.02 Å². The molecule has 20 heavy (non-hydrogen) atoms. The predicted octanol–water partition coefficient (Wildman–Crippen LogP) is 4.03. The van der Waals surface area contributed by atoms with Crippen LogP contribution in [0.1, 0.15) is 38.7 Å². The van der Waals surface area contributed by atoms with Crippen LogP contribution in [0.15, 0.2) is 12.1 Å². The van der Waals surface area contributed by atoms with Crippen molar-refractivity contribution in [2.45, 2.75) is 45.7 Å². The minimum atomic E-state index is 0.506. The topological polar surface area (TPSA) is 30.5 Å². The molecule has 1 aliphatic carbocycles. The summed E-state index contributed by atoms with van der Waals surface area (Å²) in [7, 11) is 1.65. The highest BCUT2D eigenvalue weighted by atomic mass is 35.5. The highest BCUT2D eigenvalue weighted by molar-refractivity contribution is 6.32. The number of halogens is 1. The lowest BCUT2D eigenvalue weighted by atomic mass is 10.1. The van der Waals surface area contributed by atoms with E-state index in [9.17, 15) is 0 Å². The first kappa shape index (κ1) is 15.5. The molecule has 0 spiro atoms. The second kappa shape index (κ2) is 7.19. The summed E-state index contributed by atoms with van der Waals surface area (Å²) in [4.78, 5) is 0. The quantitative estimate of drug-likeness (QED) is 0.786. The normalized spacial score (nSPS) is 16.0. The van der Waals surface area contributed by atoms with Crippen LogP contribution in [0.25, 0.3) is 0 Å². The van der Waals surface area contributed by atoms with Gasteiger partial charge in [-0.15, -0.1) is 0 Å². The van der Waals surface area contributed by atoms with Crippen molar-refractivity contribution in [2.75, 3.05) is 13.7 Å². The van der Waals surface area contributed by atoms with Gasteiger partial charge < -0.3 is 14.8 Å². The molecule has 0 heterocycles. The SMILES string of the molecule is CCC(C)COc1c(Cl)cc(CNC2CC2)cc1OC. The molecular formula is C16H24ClNO2. The first-order valence-corrected chi connectivity index (χ1v) is 7.74. The number of hydrogen-bond donors (Lipinski definition) is 1. The van der Waals surface area contributed by atoms with Gasteiger partial charge in [0.2, 0.25) is 0 Å².